The maximum absolute atomic E-state index is 12.4. The smallest absolute Gasteiger partial charge is 0.229 e. The molecular weight excluding hydrogens is 428 g/mol. The van der Waals surface area contributed by atoms with E-state index in [2.05, 4.69) is 0 Å². The van der Waals surface area contributed by atoms with Crippen LogP contribution >= 0.6 is 0 Å². The van der Waals surface area contributed by atoms with Gasteiger partial charge in [0.2, 0.25) is 6.29 Å². The Morgan fingerprint density at radius 1 is 0.906 bits per heavy atom. The number of aliphatic hydroxyl groups excluding tert-OH is 4. The molecule has 2 aromatic carbocycles. The monoisotopic (exact) mass is 448 g/mol. The van der Waals surface area contributed by atoms with Gasteiger partial charge < -0.3 is 49.6 Å². The molecule has 32 heavy (non-hydrogen) atoms. The van der Waals surface area contributed by atoms with Crippen LogP contribution < -0.4 is 10.2 Å². The number of aromatic hydroxyl groups is 3. The summed E-state index contributed by atoms with van der Waals surface area (Å²) in [5, 5.41) is 68.8. The molecule has 0 amide bonds. The van der Waals surface area contributed by atoms with E-state index in [0.717, 1.165) is 18.2 Å². The second-order valence-corrected chi connectivity index (χ2v) is 7.31. The van der Waals surface area contributed by atoms with E-state index in [1.54, 1.807) is 0 Å². The summed E-state index contributed by atoms with van der Waals surface area (Å²) in [6, 6.07) is 7.16. The lowest BCUT2D eigenvalue weighted by molar-refractivity contribution is -0.277. The Labute approximate surface area is 179 Å². The van der Waals surface area contributed by atoms with Crippen LogP contribution in [-0.4, -0.2) is 73.1 Å². The predicted molar refractivity (Wildman–Crippen MR) is 107 cm³/mol. The van der Waals surface area contributed by atoms with E-state index in [0.29, 0.717) is 0 Å². The van der Waals surface area contributed by atoms with Gasteiger partial charge in [0.25, 0.3) is 0 Å². The topological polar surface area (TPSA) is 190 Å². The molecule has 1 aliphatic rings. The molecule has 0 radical (unpaired) electrons. The summed E-state index contributed by atoms with van der Waals surface area (Å²) in [4.78, 5) is 12.4. The van der Waals surface area contributed by atoms with Crippen LogP contribution in [0.3, 0.4) is 0 Å². The number of phenols is 3. The van der Waals surface area contributed by atoms with Crippen LogP contribution in [0.15, 0.2) is 45.6 Å². The molecule has 1 saturated heterocycles. The van der Waals surface area contributed by atoms with E-state index in [9.17, 15) is 40.5 Å². The molecule has 1 aliphatic heterocycles. The average Bonchev–Trinajstić information content (AvgIpc) is 2.74. The van der Waals surface area contributed by atoms with Crippen molar-refractivity contribution in [1.29, 1.82) is 0 Å². The van der Waals surface area contributed by atoms with Crippen molar-refractivity contribution in [3.8, 4) is 34.3 Å². The molecule has 170 valence electrons. The Kier molecular flexibility index (Phi) is 5.67. The highest BCUT2D eigenvalue weighted by Gasteiger charge is 2.45. The summed E-state index contributed by atoms with van der Waals surface area (Å²) < 4.78 is 16.3. The van der Waals surface area contributed by atoms with Crippen molar-refractivity contribution < 1.29 is 49.6 Å². The zero-order chi connectivity index (χ0) is 23.2. The fourth-order valence-corrected chi connectivity index (χ4v) is 3.45. The number of benzene rings is 2. The zero-order valence-electron chi connectivity index (χ0n) is 16.3. The molecule has 0 bridgehead atoms. The van der Waals surface area contributed by atoms with Crippen LogP contribution in [0.2, 0.25) is 0 Å². The molecule has 1 aromatic heterocycles. The molecule has 2 heterocycles. The Morgan fingerprint density at radius 3 is 2.38 bits per heavy atom. The molecule has 0 aliphatic carbocycles. The largest absolute Gasteiger partial charge is 0.508 e. The molecule has 0 unspecified atom stereocenters. The minimum absolute atomic E-state index is 0.0196. The van der Waals surface area contributed by atoms with Gasteiger partial charge in [-0.05, 0) is 18.2 Å². The quantitative estimate of drug-likeness (QED) is 0.279. The summed E-state index contributed by atoms with van der Waals surface area (Å²) >= 11 is 0. The van der Waals surface area contributed by atoms with Crippen LogP contribution in [-0.2, 0) is 4.74 Å². The van der Waals surface area contributed by atoms with Gasteiger partial charge in [0, 0.05) is 23.8 Å². The molecule has 1 fully saturated rings. The molecule has 11 heteroatoms. The maximum Gasteiger partial charge on any atom is 0.229 e. The first-order chi connectivity index (χ1) is 15.2. The molecule has 11 nitrogen and oxygen atoms in total. The Hall–Kier alpha value is -3.35. The Balaban J connectivity index is 1.70. The summed E-state index contributed by atoms with van der Waals surface area (Å²) in [6.45, 7) is -0.654. The van der Waals surface area contributed by atoms with Gasteiger partial charge in [-0.15, -0.1) is 0 Å². The van der Waals surface area contributed by atoms with Gasteiger partial charge in [-0.3, -0.25) is 4.79 Å². The lowest BCUT2D eigenvalue weighted by atomic mass is 9.99. The Morgan fingerprint density at radius 2 is 1.66 bits per heavy atom. The van der Waals surface area contributed by atoms with Crippen LogP contribution in [0.4, 0.5) is 0 Å². The van der Waals surface area contributed by atoms with Crippen molar-refractivity contribution in [3.63, 3.8) is 0 Å². The standard InChI is InChI=1S/C21H20O11/c22-7-16-18(27)19(28)20(29)21(32-16)31-14-3-8(1-2-10(14)24)13-6-12(26)17-11(25)4-9(23)5-15(17)30-13/h1-6,16,18-25,27-29H,7H2/t16-,18-,19+,20-,21-/m1/s1. The predicted octanol–water partition coefficient (Wildman–Crippen LogP) is -0.245. The van der Waals surface area contributed by atoms with Gasteiger partial charge in [-0.2, -0.15) is 0 Å². The normalized spacial score (nSPS) is 25.7. The first-order valence-corrected chi connectivity index (χ1v) is 9.50. The first-order valence-electron chi connectivity index (χ1n) is 9.50. The van der Waals surface area contributed by atoms with E-state index in [1.807, 2.05) is 0 Å². The second kappa shape index (κ2) is 8.30. The lowest BCUT2D eigenvalue weighted by Crippen LogP contribution is -2.60. The van der Waals surface area contributed by atoms with Gasteiger partial charge in [-0.1, -0.05) is 0 Å². The number of ether oxygens (including phenoxy) is 2. The fraction of sp³-hybridized carbons (Fsp3) is 0.286. The number of fused-ring (bicyclic) bond motifs is 1. The highest BCUT2D eigenvalue weighted by Crippen LogP contribution is 2.36. The third-order valence-corrected chi connectivity index (χ3v) is 5.13. The van der Waals surface area contributed by atoms with E-state index < -0.39 is 48.5 Å². The minimum Gasteiger partial charge on any atom is -0.508 e. The van der Waals surface area contributed by atoms with Crippen molar-refractivity contribution in [2.45, 2.75) is 30.7 Å². The van der Waals surface area contributed by atoms with Crippen LogP contribution in [0.1, 0.15) is 0 Å². The average molecular weight is 448 g/mol. The third kappa shape index (κ3) is 3.83. The highest BCUT2D eigenvalue weighted by molar-refractivity contribution is 5.86. The summed E-state index contributed by atoms with van der Waals surface area (Å²) in [6.07, 6.45) is -7.68. The molecule has 0 saturated carbocycles. The number of aliphatic hydroxyl groups is 4. The highest BCUT2D eigenvalue weighted by atomic mass is 16.7. The SMILES string of the molecule is O=c1cc(-c2ccc(O)c(O[C@@H]3O[C@H](CO)[C@@H](O)[C@H](O)[C@H]3O)c2)oc2cc(O)cc(O)c12. The van der Waals surface area contributed by atoms with Crippen LogP contribution in [0, 0.1) is 0 Å². The summed E-state index contributed by atoms with van der Waals surface area (Å²) in [5.41, 5.74) is -0.401. The second-order valence-electron chi connectivity index (χ2n) is 7.31. The Bertz CT molecular complexity index is 1200. The van der Waals surface area contributed by atoms with E-state index in [-0.39, 0.29) is 39.5 Å². The van der Waals surface area contributed by atoms with Gasteiger partial charge in [0.05, 0.1) is 6.61 Å². The number of hydrogen-bond donors (Lipinski definition) is 7. The molecule has 0 spiro atoms. The van der Waals surface area contributed by atoms with Crippen molar-refractivity contribution in [3.05, 3.63) is 46.6 Å². The van der Waals surface area contributed by atoms with Gasteiger partial charge in [0.1, 0.15) is 52.6 Å². The number of rotatable bonds is 4. The summed E-state index contributed by atoms with van der Waals surface area (Å²) in [7, 11) is 0. The van der Waals surface area contributed by atoms with E-state index in [1.165, 1.54) is 18.2 Å². The van der Waals surface area contributed by atoms with E-state index >= 15 is 0 Å². The fourth-order valence-electron chi connectivity index (χ4n) is 3.45. The summed E-state index contributed by atoms with van der Waals surface area (Å²) in [5.74, 6) is -1.33. The molecule has 7 N–H and O–H groups in total. The maximum atomic E-state index is 12.4. The van der Waals surface area contributed by atoms with Crippen molar-refractivity contribution in [2.75, 3.05) is 6.61 Å². The van der Waals surface area contributed by atoms with Gasteiger partial charge in [-0.25, -0.2) is 0 Å². The number of hydrogen-bond acceptors (Lipinski definition) is 11. The molecule has 4 rings (SSSR count). The van der Waals surface area contributed by atoms with Gasteiger partial charge >= 0.3 is 0 Å². The third-order valence-electron chi connectivity index (χ3n) is 5.13. The minimum atomic E-state index is -1.69. The first kappa shape index (κ1) is 21.9. The molecule has 5 atom stereocenters. The van der Waals surface area contributed by atoms with Crippen molar-refractivity contribution in [1.82, 2.24) is 0 Å². The zero-order valence-corrected chi connectivity index (χ0v) is 16.3. The van der Waals surface area contributed by atoms with Crippen molar-refractivity contribution in [2.24, 2.45) is 0 Å². The lowest BCUT2D eigenvalue weighted by Gasteiger charge is -2.39. The van der Waals surface area contributed by atoms with Crippen LogP contribution in [0.5, 0.6) is 23.0 Å². The van der Waals surface area contributed by atoms with Gasteiger partial charge in [0.15, 0.2) is 16.9 Å². The number of phenolic OH excluding ortho intramolecular Hbond substituents is 3. The van der Waals surface area contributed by atoms with Crippen molar-refractivity contribution >= 4 is 11.0 Å². The molecule has 3 aromatic rings. The van der Waals surface area contributed by atoms with E-state index in [4.69, 9.17) is 13.9 Å². The van der Waals surface area contributed by atoms with Crippen LogP contribution in [0.25, 0.3) is 22.3 Å². The molecular formula is C21H20O11.